The van der Waals surface area contributed by atoms with Crippen LogP contribution in [0.3, 0.4) is 0 Å². The van der Waals surface area contributed by atoms with E-state index >= 15 is 0 Å². The van der Waals surface area contributed by atoms with Crippen LogP contribution >= 0.6 is 23.4 Å². The molecule has 0 fully saturated rings. The van der Waals surface area contributed by atoms with Crippen molar-refractivity contribution in [1.82, 2.24) is 9.95 Å². The summed E-state index contributed by atoms with van der Waals surface area (Å²) in [6, 6.07) is 0. The fraction of sp³-hybridized carbons (Fsp3) is 0. The largest absolute Gasteiger partial charge is 0.291 e. The van der Waals surface area contributed by atoms with E-state index in [1.807, 2.05) is 0 Å². The zero-order chi connectivity index (χ0) is 7.56. The molecule has 1 aliphatic rings. The predicted molar refractivity (Wildman–Crippen MR) is 38.9 cm³/mol. The molecule has 54 valence electrons. The number of hydrogen-bond acceptors (Lipinski definition) is 3. The van der Waals surface area contributed by atoms with Gasteiger partial charge in [-0.25, -0.2) is 0 Å². The monoisotopic (exact) mass is 178 g/mol. The normalized spacial score (nSPS) is 16.2. The fourth-order valence-corrected chi connectivity index (χ4v) is 0.906. The van der Waals surface area contributed by atoms with Gasteiger partial charge in [0.1, 0.15) is 5.70 Å². The summed E-state index contributed by atoms with van der Waals surface area (Å²) >= 11 is 10.6. The topological polar surface area (TPSA) is 32.3 Å². The maximum Gasteiger partial charge on any atom is 0.271 e. The number of hydrogen-bond donors (Lipinski definition) is 1. The number of carbonyl (C=O) groups excluding carboxylic acids is 1. The lowest BCUT2D eigenvalue weighted by Crippen LogP contribution is -2.28. The molecule has 1 heterocycles. The molecule has 0 aliphatic carbocycles. The molecule has 0 aromatic rings. The molecular weight excluding hydrogens is 175 g/mol. The minimum Gasteiger partial charge on any atom is -0.291 e. The second-order valence-corrected chi connectivity index (χ2v) is 2.28. The summed E-state index contributed by atoms with van der Waals surface area (Å²) in [6.07, 6.45) is 4.73. The van der Waals surface area contributed by atoms with Crippen molar-refractivity contribution in [2.24, 2.45) is 0 Å². The van der Waals surface area contributed by atoms with Crippen LogP contribution in [0.25, 0.3) is 0 Å². The molecule has 1 N–H and O–H groups in total. The zero-order valence-corrected chi connectivity index (χ0v) is 6.36. The van der Waals surface area contributed by atoms with Crippen molar-refractivity contribution in [2.75, 3.05) is 0 Å². The van der Waals surface area contributed by atoms with Gasteiger partial charge in [-0.05, 0) is 23.8 Å². The second-order valence-electron chi connectivity index (χ2n) is 1.59. The molecular formula is C5H4Cl2N2O. The Balaban J connectivity index is 2.80. The van der Waals surface area contributed by atoms with Gasteiger partial charge in [0, 0.05) is 18.0 Å². The molecule has 0 unspecified atom stereocenters. The standard InChI is InChI=1S/C5H4Cl2N2O/c6-5(10)4-2-1-3-8-9(4)7/h1-3,8H. The third-order valence-electron chi connectivity index (χ3n) is 0.951. The first kappa shape index (κ1) is 7.44. The molecule has 0 saturated heterocycles. The Morgan fingerprint density at radius 2 is 2.40 bits per heavy atom. The number of rotatable bonds is 1. The van der Waals surface area contributed by atoms with Crippen LogP contribution in [0.5, 0.6) is 0 Å². The first-order valence-electron chi connectivity index (χ1n) is 2.50. The summed E-state index contributed by atoms with van der Waals surface area (Å²) in [5.41, 5.74) is 2.77. The van der Waals surface area contributed by atoms with Gasteiger partial charge in [0.25, 0.3) is 5.24 Å². The lowest BCUT2D eigenvalue weighted by atomic mass is 10.4. The first-order valence-corrected chi connectivity index (χ1v) is 3.22. The highest BCUT2D eigenvalue weighted by atomic mass is 35.5. The van der Waals surface area contributed by atoms with Gasteiger partial charge < -0.3 is 0 Å². The van der Waals surface area contributed by atoms with Gasteiger partial charge >= 0.3 is 0 Å². The van der Waals surface area contributed by atoms with Gasteiger partial charge in [0.2, 0.25) is 0 Å². The molecule has 0 amide bonds. The van der Waals surface area contributed by atoms with Crippen LogP contribution < -0.4 is 5.43 Å². The van der Waals surface area contributed by atoms with Crippen molar-refractivity contribution < 1.29 is 4.79 Å². The molecule has 1 rings (SSSR count). The molecule has 10 heavy (non-hydrogen) atoms. The van der Waals surface area contributed by atoms with E-state index in [9.17, 15) is 4.79 Å². The maximum atomic E-state index is 10.5. The maximum absolute atomic E-state index is 10.5. The Kier molecular flexibility index (Phi) is 2.19. The van der Waals surface area contributed by atoms with Crippen LogP contribution in [0, 0.1) is 0 Å². The van der Waals surface area contributed by atoms with Crippen LogP contribution in [0.1, 0.15) is 0 Å². The third-order valence-corrected chi connectivity index (χ3v) is 1.42. The summed E-state index contributed by atoms with van der Waals surface area (Å²) in [5, 5.41) is -0.591. The number of allylic oxidation sites excluding steroid dienone is 3. The Morgan fingerprint density at radius 3 is 2.80 bits per heavy atom. The van der Waals surface area contributed by atoms with Gasteiger partial charge in [-0.15, -0.1) is 0 Å². The average Bonchev–Trinajstić information content (AvgIpc) is 1.88. The smallest absolute Gasteiger partial charge is 0.271 e. The van der Waals surface area contributed by atoms with E-state index in [4.69, 9.17) is 23.4 Å². The van der Waals surface area contributed by atoms with Crippen LogP contribution in [-0.4, -0.2) is 9.77 Å². The summed E-state index contributed by atoms with van der Waals surface area (Å²) in [5.74, 6) is 0. The zero-order valence-electron chi connectivity index (χ0n) is 4.84. The number of carbonyl (C=O) groups is 1. The summed E-state index contributed by atoms with van der Waals surface area (Å²) in [4.78, 5) is 10.5. The Labute approximate surface area is 68.0 Å². The highest BCUT2D eigenvalue weighted by Gasteiger charge is 2.13. The highest BCUT2D eigenvalue weighted by Crippen LogP contribution is 2.11. The van der Waals surface area contributed by atoms with Crippen molar-refractivity contribution in [3.05, 3.63) is 24.0 Å². The van der Waals surface area contributed by atoms with Crippen LogP contribution in [-0.2, 0) is 4.79 Å². The molecule has 0 saturated carbocycles. The quantitative estimate of drug-likeness (QED) is 0.483. The Morgan fingerprint density at radius 1 is 1.70 bits per heavy atom. The Bertz CT molecular complexity index is 212. The van der Waals surface area contributed by atoms with Crippen LogP contribution in [0.2, 0.25) is 0 Å². The van der Waals surface area contributed by atoms with E-state index in [2.05, 4.69) is 5.43 Å². The highest BCUT2D eigenvalue weighted by molar-refractivity contribution is 6.67. The molecule has 0 bridgehead atoms. The van der Waals surface area contributed by atoms with E-state index in [1.165, 1.54) is 6.08 Å². The van der Waals surface area contributed by atoms with Gasteiger partial charge in [0.15, 0.2) is 0 Å². The van der Waals surface area contributed by atoms with Crippen molar-refractivity contribution in [3.8, 4) is 0 Å². The van der Waals surface area contributed by atoms with Crippen LogP contribution in [0.4, 0.5) is 0 Å². The molecule has 0 radical (unpaired) electrons. The van der Waals surface area contributed by atoms with E-state index < -0.39 is 5.24 Å². The number of hydrazine groups is 1. The van der Waals surface area contributed by atoms with E-state index in [-0.39, 0.29) is 5.70 Å². The van der Waals surface area contributed by atoms with E-state index in [1.54, 1.807) is 12.3 Å². The van der Waals surface area contributed by atoms with E-state index in [0.717, 1.165) is 4.53 Å². The summed E-state index contributed by atoms with van der Waals surface area (Å²) in [6.45, 7) is 0. The fourth-order valence-electron chi connectivity index (χ4n) is 0.525. The van der Waals surface area contributed by atoms with Crippen molar-refractivity contribution in [1.29, 1.82) is 0 Å². The number of nitrogens with zero attached hydrogens (tertiary/aromatic N) is 1. The molecule has 0 atom stereocenters. The van der Waals surface area contributed by atoms with Gasteiger partial charge in [-0.2, -0.15) is 4.53 Å². The number of halogens is 2. The predicted octanol–water partition coefficient (Wildman–Crippen LogP) is 1.12. The van der Waals surface area contributed by atoms with Crippen molar-refractivity contribution >= 4 is 28.6 Å². The molecule has 0 aromatic heterocycles. The first-order chi connectivity index (χ1) is 4.72. The minimum atomic E-state index is -0.591. The number of nitrogens with one attached hydrogen (secondary N) is 1. The lowest BCUT2D eigenvalue weighted by molar-refractivity contribution is -0.109. The van der Waals surface area contributed by atoms with E-state index in [0.29, 0.717) is 0 Å². The van der Waals surface area contributed by atoms with Crippen LogP contribution in [0.15, 0.2) is 24.0 Å². The SMILES string of the molecule is O=C(Cl)C1=CC=CNN1Cl. The van der Waals surface area contributed by atoms with Crippen molar-refractivity contribution in [3.63, 3.8) is 0 Å². The van der Waals surface area contributed by atoms with Crippen molar-refractivity contribution in [2.45, 2.75) is 0 Å². The second kappa shape index (κ2) is 2.94. The van der Waals surface area contributed by atoms with Gasteiger partial charge in [-0.3, -0.25) is 10.2 Å². The average molecular weight is 179 g/mol. The molecule has 1 aliphatic heterocycles. The molecule has 0 aromatic carbocycles. The molecule has 3 nitrogen and oxygen atoms in total. The molecule has 5 heteroatoms. The summed E-state index contributed by atoms with van der Waals surface area (Å²) in [7, 11) is 0. The van der Waals surface area contributed by atoms with Gasteiger partial charge in [0.05, 0.1) is 0 Å². The lowest BCUT2D eigenvalue weighted by Gasteiger charge is -2.17. The van der Waals surface area contributed by atoms with Gasteiger partial charge in [-0.1, -0.05) is 0 Å². The molecule has 0 spiro atoms. The minimum absolute atomic E-state index is 0.214. The third kappa shape index (κ3) is 1.43. The summed E-state index contributed by atoms with van der Waals surface area (Å²) < 4.78 is 1.02. The Hall–Kier alpha value is -0.670.